The number of anilines is 2. The summed E-state index contributed by atoms with van der Waals surface area (Å²) in [7, 11) is -3.79. The Hall–Kier alpha value is -3.13. The molecule has 3 aromatic rings. The molecule has 4 rings (SSSR count). The van der Waals surface area contributed by atoms with E-state index in [1.165, 1.54) is 47.5 Å². The molecule has 1 fully saturated rings. The summed E-state index contributed by atoms with van der Waals surface area (Å²) in [6.07, 6.45) is 3.10. The average molecular weight is 549 g/mol. The SMILES string of the molecule is O=C(CCN1C(=O)/C(=C/c2ccc(F)cc2)SC1=S)Nc1ccc(S(=O)(=O)Nc2nccs2)cc1. The number of halogens is 1. The molecule has 0 spiro atoms. The van der Waals surface area contributed by atoms with Gasteiger partial charge >= 0.3 is 0 Å². The van der Waals surface area contributed by atoms with Crippen molar-refractivity contribution in [1.29, 1.82) is 0 Å². The van der Waals surface area contributed by atoms with Crippen LogP contribution in [0.15, 0.2) is 69.9 Å². The number of thiazole rings is 1. The Morgan fingerprint density at radius 1 is 1.14 bits per heavy atom. The summed E-state index contributed by atoms with van der Waals surface area (Å²) in [5.74, 6) is -1.05. The Bertz CT molecular complexity index is 1390. The molecule has 2 amide bonds. The maximum Gasteiger partial charge on any atom is 0.266 e. The van der Waals surface area contributed by atoms with Gasteiger partial charge in [0.15, 0.2) is 5.13 Å². The Morgan fingerprint density at radius 3 is 2.51 bits per heavy atom. The number of hydrogen-bond donors (Lipinski definition) is 2. The number of benzene rings is 2. The number of thiocarbonyl (C=S) groups is 1. The standard InChI is InChI=1S/C22H17FN4O4S4/c23-15-3-1-14(2-4-15)13-18-20(29)27(22(32)34-18)11-9-19(28)25-16-5-7-17(8-6-16)35(30,31)26-21-24-10-12-33-21/h1-8,10,12-13H,9,11H2,(H,24,26)(H,25,28)/b18-13-. The minimum Gasteiger partial charge on any atom is -0.326 e. The van der Waals surface area contributed by atoms with E-state index < -0.39 is 10.0 Å². The van der Waals surface area contributed by atoms with Gasteiger partial charge in [-0.3, -0.25) is 19.2 Å². The third kappa shape index (κ3) is 6.31. The molecule has 1 aliphatic heterocycles. The summed E-state index contributed by atoms with van der Waals surface area (Å²) in [5.41, 5.74) is 1.07. The lowest BCUT2D eigenvalue weighted by atomic mass is 10.2. The Labute approximate surface area is 214 Å². The van der Waals surface area contributed by atoms with Crippen LogP contribution in [0, 0.1) is 5.82 Å². The third-order valence-corrected chi connectivity index (χ3v) is 8.26. The number of nitrogens with zero attached hydrogens (tertiary/aromatic N) is 2. The maximum absolute atomic E-state index is 13.1. The molecular formula is C22H17FN4O4S4. The molecule has 0 saturated carbocycles. The summed E-state index contributed by atoms with van der Waals surface area (Å²) in [6, 6.07) is 11.4. The number of carbonyl (C=O) groups excluding carboxylic acids is 2. The largest absolute Gasteiger partial charge is 0.326 e. The monoisotopic (exact) mass is 548 g/mol. The third-order valence-electron chi connectivity index (χ3n) is 4.71. The van der Waals surface area contributed by atoms with Crippen LogP contribution in [0.3, 0.4) is 0 Å². The van der Waals surface area contributed by atoms with Crippen LogP contribution in [0.1, 0.15) is 12.0 Å². The van der Waals surface area contributed by atoms with E-state index in [1.807, 2.05) is 0 Å². The summed E-state index contributed by atoms with van der Waals surface area (Å²) in [6.45, 7) is 0.0848. The fraction of sp³-hybridized carbons (Fsp3) is 0.0909. The molecule has 0 aliphatic carbocycles. The van der Waals surface area contributed by atoms with E-state index in [-0.39, 0.29) is 40.6 Å². The van der Waals surface area contributed by atoms with E-state index in [0.717, 1.165) is 23.1 Å². The minimum absolute atomic E-state index is 0.0120. The smallest absolute Gasteiger partial charge is 0.266 e. The van der Waals surface area contributed by atoms with Crippen molar-refractivity contribution in [3.05, 3.63) is 76.4 Å². The van der Waals surface area contributed by atoms with E-state index in [1.54, 1.807) is 23.6 Å². The highest BCUT2D eigenvalue weighted by molar-refractivity contribution is 8.26. The minimum atomic E-state index is -3.79. The second kappa shape index (κ2) is 10.6. The van der Waals surface area contributed by atoms with Crippen molar-refractivity contribution < 1.29 is 22.4 Å². The van der Waals surface area contributed by atoms with Crippen molar-refractivity contribution in [2.24, 2.45) is 0 Å². The highest BCUT2D eigenvalue weighted by atomic mass is 32.2. The summed E-state index contributed by atoms with van der Waals surface area (Å²) >= 11 is 7.55. The van der Waals surface area contributed by atoms with Crippen LogP contribution < -0.4 is 10.0 Å². The van der Waals surface area contributed by atoms with E-state index in [9.17, 15) is 22.4 Å². The molecule has 13 heteroatoms. The van der Waals surface area contributed by atoms with Gasteiger partial charge in [0.2, 0.25) is 5.91 Å². The van der Waals surface area contributed by atoms with Crippen LogP contribution in [-0.2, 0) is 19.6 Å². The van der Waals surface area contributed by atoms with E-state index in [2.05, 4.69) is 15.0 Å². The van der Waals surface area contributed by atoms with Crippen molar-refractivity contribution in [3.63, 3.8) is 0 Å². The van der Waals surface area contributed by atoms with Gasteiger partial charge in [-0.15, -0.1) is 11.3 Å². The van der Waals surface area contributed by atoms with Gasteiger partial charge in [0.05, 0.1) is 9.80 Å². The van der Waals surface area contributed by atoms with Crippen molar-refractivity contribution in [3.8, 4) is 0 Å². The van der Waals surface area contributed by atoms with Crippen LogP contribution in [0.4, 0.5) is 15.2 Å². The second-order valence-corrected chi connectivity index (χ2v) is 11.4. The Morgan fingerprint density at radius 2 is 1.86 bits per heavy atom. The van der Waals surface area contributed by atoms with E-state index >= 15 is 0 Å². The predicted molar refractivity (Wildman–Crippen MR) is 139 cm³/mol. The first-order chi connectivity index (χ1) is 16.7. The fourth-order valence-corrected chi connectivity index (χ4v) is 6.10. The topological polar surface area (TPSA) is 108 Å². The van der Waals surface area contributed by atoms with Gasteiger partial charge in [-0.1, -0.05) is 36.1 Å². The van der Waals surface area contributed by atoms with Gasteiger partial charge in [-0.25, -0.2) is 17.8 Å². The Kier molecular flexibility index (Phi) is 7.60. The van der Waals surface area contributed by atoms with Gasteiger partial charge in [-0.05, 0) is 48.0 Å². The average Bonchev–Trinajstić information content (AvgIpc) is 3.41. The number of aromatic nitrogens is 1. The maximum atomic E-state index is 13.1. The lowest BCUT2D eigenvalue weighted by molar-refractivity contribution is -0.122. The molecular weight excluding hydrogens is 532 g/mol. The first-order valence-corrected chi connectivity index (χ1v) is 13.6. The van der Waals surface area contributed by atoms with Crippen LogP contribution in [0.2, 0.25) is 0 Å². The highest BCUT2D eigenvalue weighted by Crippen LogP contribution is 2.32. The lowest BCUT2D eigenvalue weighted by Gasteiger charge is -2.14. The first kappa shape index (κ1) is 25.0. The lowest BCUT2D eigenvalue weighted by Crippen LogP contribution is -2.31. The molecule has 180 valence electrons. The van der Waals surface area contributed by atoms with Crippen LogP contribution in [-0.4, -0.2) is 41.0 Å². The molecule has 2 aromatic carbocycles. The molecule has 2 heterocycles. The van der Waals surface area contributed by atoms with E-state index in [0.29, 0.717) is 20.5 Å². The van der Waals surface area contributed by atoms with Gasteiger partial charge in [0, 0.05) is 30.2 Å². The quantitative estimate of drug-likeness (QED) is 0.319. The van der Waals surface area contributed by atoms with Crippen LogP contribution >= 0.6 is 35.3 Å². The molecule has 1 aliphatic rings. The molecule has 8 nitrogen and oxygen atoms in total. The zero-order valence-corrected chi connectivity index (χ0v) is 21.1. The van der Waals surface area contributed by atoms with E-state index in [4.69, 9.17) is 12.2 Å². The van der Waals surface area contributed by atoms with Gasteiger partial charge < -0.3 is 5.32 Å². The van der Waals surface area contributed by atoms with Gasteiger partial charge in [0.1, 0.15) is 10.1 Å². The normalized spacial score (nSPS) is 15.0. The van der Waals surface area contributed by atoms with Crippen molar-refractivity contribution in [2.45, 2.75) is 11.3 Å². The molecule has 0 bridgehead atoms. The number of carbonyl (C=O) groups is 2. The summed E-state index contributed by atoms with van der Waals surface area (Å²) in [4.78, 5) is 30.7. The number of sulfonamides is 1. The number of nitrogens with one attached hydrogen (secondary N) is 2. The number of hydrogen-bond acceptors (Lipinski definition) is 8. The highest BCUT2D eigenvalue weighted by Gasteiger charge is 2.32. The predicted octanol–water partition coefficient (Wildman–Crippen LogP) is 4.31. The van der Waals surface area contributed by atoms with Crippen molar-refractivity contribution in [2.75, 3.05) is 16.6 Å². The number of thioether (sulfide) groups is 1. The summed E-state index contributed by atoms with van der Waals surface area (Å²) < 4.78 is 40.6. The molecule has 0 radical (unpaired) electrons. The van der Waals surface area contributed by atoms with Crippen LogP contribution in [0.5, 0.6) is 0 Å². The zero-order chi connectivity index (χ0) is 25.0. The molecule has 1 saturated heterocycles. The molecule has 35 heavy (non-hydrogen) atoms. The fourth-order valence-electron chi connectivity index (χ4n) is 3.01. The van der Waals surface area contributed by atoms with Crippen molar-refractivity contribution >= 4 is 78.4 Å². The van der Waals surface area contributed by atoms with Crippen LogP contribution in [0.25, 0.3) is 6.08 Å². The molecule has 1 aromatic heterocycles. The van der Waals surface area contributed by atoms with Crippen molar-refractivity contribution in [1.82, 2.24) is 9.88 Å². The second-order valence-electron chi connectivity index (χ2n) is 7.15. The molecule has 0 unspecified atom stereocenters. The first-order valence-electron chi connectivity index (χ1n) is 10.0. The molecule has 2 N–H and O–H groups in total. The number of rotatable bonds is 8. The Balaban J connectivity index is 1.32. The zero-order valence-electron chi connectivity index (χ0n) is 17.8. The van der Waals surface area contributed by atoms with Gasteiger partial charge in [-0.2, -0.15) is 0 Å². The molecule has 0 atom stereocenters. The summed E-state index contributed by atoms with van der Waals surface area (Å²) in [5, 5.41) is 4.58. The van der Waals surface area contributed by atoms with Gasteiger partial charge in [0.25, 0.3) is 15.9 Å². The number of amides is 2.